The Labute approximate surface area is 136 Å². The van der Waals surface area contributed by atoms with Crippen LogP contribution in [0.1, 0.15) is 54.7 Å². The molecule has 0 unspecified atom stereocenters. The standard InChI is InChI=1S/C16H25N5O2/c1-2-6-18-16(23)20-9-4-12(5-10-20)13-11-14-15(22)17-7-3-8-21(14)19-13/h11-12H,2-10H2,1H3,(H,17,22)(H,18,23). The van der Waals surface area contributed by atoms with Crippen molar-refractivity contribution in [2.75, 3.05) is 26.2 Å². The van der Waals surface area contributed by atoms with Crippen molar-refractivity contribution in [1.29, 1.82) is 0 Å². The van der Waals surface area contributed by atoms with Crippen molar-refractivity contribution in [1.82, 2.24) is 25.3 Å². The van der Waals surface area contributed by atoms with E-state index in [1.807, 2.05) is 22.6 Å². The van der Waals surface area contributed by atoms with Crippen molar-refractivity contribution in [2.45, 2.75) is 45.1 Å². The van der Waals surface area contributed by atoms with Gasteiger partial charge in [-0.2, -0.15) is 5.10 Å². The maximum absolute atomic E-state index is 12.0. The van der Waals surface area contributed by atoms with Crippen molar-refractivity contribution in [3.05, 3.63) is 17.5 Å². The minimum atomic E-state index is -0.0300. The second kappa shape index (κ2) is 7.02. The molecule has 126 valence electrons. The van der Waals surface area contributed by atoms with Gasteiger partial charge in [0.1, 0.15) is 5.69 Å². The van der Waals surface area contributed by atoms with Gasteiger partial charge >= 0.3 is 6.03 Å². The number of hydrogen-bond donors (Lipinski definition) is 2. The highest BCUT2D eigenvalue weighted by atomic mass is 16.2. The van der Waals surface area contributed by atoms with E-state index in [2.05, 4.69) is 15.7 Å². The number of nitrogens with one attached hydrogen (secondary N) is 2. The van der Waals surface area contributed by atoms with Gasteiger partial charge < -0.3 is 15.5 Å². The van der Waals surface area contributed by atoms with Crippen LogP contribution >= 0.6 is 0 Å². The molecule has 2 aliphatic heterocycles. The van der Waals surface area contributed by atoms with Crippen molar-refractivity contribution >= 4 is 11.9 Å². The van der Waals surface area contributed by atoms with E-state index in [0.717, 1.165) is 57.6 Å². The third kappa shape index (κ3) is 3.48. The number of amides is 3. The van der Waals surface area contributed by atoms with Crippen LogP contribution in [-0.4, -0.2) is 52.8 Å². The second-order valence-electron chi connectivity index (χ2n) is 6.28. The van der Waals surface area contributed by atoms with Crippen LogP contribution in [0.4, 0.5) is 4.79 Å². The zero-order chi connectivity index (χ0) is 16.2. The van der Waals surface area contributed by atoms with Crippen molar-refractivity contribution in [3.63, 3.8) is 0 Å². The summed E-state index contributed by atoms with van der Waals surface area (Å²) in [5.41, 5.74) is 1.66. The fraction of sp³-hybridized carbons (Fsp3) is 0.688. The number of carbonyl (C=O) groups is 2. The molecule has 0 saturated carbocycles. The van der Waals surface area contributed by atoms with E-state index in [9.17, 15) is 9.59 Å². The van der Waals surface area contributed by atoms with Crippen molar-refractivity contribution in [3.8, 4) is 0 Å². The largest absolute Gasteiger partial charge is 0.351 e. The zero-order valence-corrected chi connectivity index (χ0v) is 13.7. The summed E-state index contributed by atoms with van der Waals surface area (Å²) in [6.45, 7) is 5.76. The molecule has 1 fully saturated rings. The van der Waals surface area contributed by atoms with Gasteiger partial charge in [0.25, 0.3) is 5.91 Å². The quantitative estimate of drug-likeness (QED) is 0.882. The van der Waals surface area contributed by atoms with Crippen LogP contribution in [-0.2, 0) is 6.54 Å². The Morgan fingerprint density at radius 3 is 2.91 bits per heavy atom. The lowest BCUT2D eigenvalue weighted by Crippen LogP contribution is -2.44. The smallest absolute Gasteiger partial charge is 0.317 e. The van der Waals surface area contributed by atoms with Crippen LogP contribution < -0.4 is 10.6 Å². The number of fused-ring (bicyclic) bond motifs is 1. The highest BCUT2D eigenvalue weighted by molar-refractivity contribution is 5.92. The van der Waals surface area contributed by atoms with Gasteiger partial charge in [-0.25, -0.2) is 4.79 Å². The highest BCUT2D eigenvalue weighted by Crippen LogP contribution is 2.28. The van der Waals surface area contributed by atoms with E-state index in [1.165, 1.54) is 0 Å². The number of hydrogen-bond acceptors (Lipinski definition) is 3. The van der Waals surface area contributed by atoms with Crippen LogP contribution in [0.5, 0.6) is 0 Å². The molecule has 0 atom stereocenters. The summed E-state index contributed by atoms with van der Waals surface area (Å²) in [4.78, 5) is 25.9. The first-order chi connectivity index (χ1) is 11.2. The van der Waals surface area contributed by atoms with Gasteiger partial charge in [0.2, 0.25) is 0 Å². The molecular weight excluding hydrogens is 294 g/mol. The summed E-state index contributed by atoms with van der Waals surface area (Å²) >= 11 is 0. The summed E-state index contributed by atoms with van der Waals surface area (Å²) in [5.74, 6) is 0.301. The van der Waals surface area contributed by atoms with Crippen LogP contribution in [0.15, 0.2) is 6.07 Å². The molecule has 2 N–H and O–H groups in total. The Morgan fingerprint density at radius 2 is 2.17 bits per heavy atom. The maximum atomic E-state index is 12.0. The predicted molar refractivity (Wildman–Crippen MR) is 86.4 cm³/mol. The molecule has 1 saturated heterocycles. The Hall–Kier alpha value is -2.05. The van der Waals surface area contributed by atoms with Gasteiger partial charge in [0.05, 0.1) is 5.69 Å². The minimum Gasteiger partial charge on any atom is -0.351 e. The molecule has 3 amide bonds. The number of urea groups is 1. The first-order valence-corrected chi connectivity index (χ1v) is 8.57. The van der Waals surface area contributed by atoms with Crippen LogP contribution in [0.25, 0.3) is 0 Å². The lowest BCUT2D eigenvalue weighted by Gasteiger charge is -2.31. The SMILES string of the molecule is CCCNC(=O)N1CCC(c2cc3n(n2)CCCNC3=O)CC1. The molecule has 23 heavy (non-hydrogen) atoms. The van der Waals surface area contributed by atoms with E-state index < -0.39 is 0 Å². The molecule has 7 heteroatoms. The molecule has 1 aromatic heterocycles. The summed E-state index contributed by atoms with van der Waals surface area (Å²) < 4.78 is 1.83. The van der Waals surface area contributed by atoms with Crippen LogP contribution in [0.3, 0.4) is 0 Å². The predicted octanol–water partition coefficient (Wildman–Crippen LogP) is 1.32. The summed E-state index contributed by atoms with van der Waals surface area (Å²) in [6, 6.07) is 1.96. The van der Waals surface area contributed by atoms with Gasteiger partial charge in [-0.05, 0) is 31.7 Å². The topological polar surface area (TPSA) is 79.3 Å². The van der Waals surface area contributed by atoms with Crippen molar-refractivity contribution in [2.24, 2.45) is 0 Å². The molecule has 0 aliphatic carbocycles. The van der Waals surface area contributed by atoms with E-state index >= 15 is 0 Å². The van der Waals surface area contributed by atoms with Gasteiger partial charge in [-0.15, -0.1) is 0 Å². The molecule has 0 bridgehead atoms. The van der Waals surface area contributed by atoms with Gasteiger partial charge in [0, 0.05) is 38.6 Å². The third-order valence-corrected chi connectivity index (χ3v) is 4.59. The number of rotatable bonds is 3. The fourth-order valence-corrected chi connectivity index (χ4v) is 3.23. The number of carbonyl (C=O) groups excluding carboxylic acids is 2. The summed E-state index contributed by atoms with van der Waals surface area (Å²) in [5, 5.41) is 10.5. The molecule has 1 aromatic rings. The van der Waals surface area contributed by atoms with Crippen molar-refractivity contribution < 1.29 is 9.59 Å². The fourth-order valence-electron chi connectivity index (χ4n) is 3.23. The first-order valence-electron chi connectivity index (χ1n) is 8.57. The highest BCUT2D eigenvalue weighted by Gasteiger charge is 2.27. The normalized spacial score (nSPS) is 19.0. The summed E-state index contributed by atoms with van der Waals surface area (Å²) in [6.07, 6.45) is 3.66. The van der Waals surface area contributed by atoms with Gasteiger partial charge in [-0.3, -0.25) is 9.48 Å². The number of piperidine rings is 1. The average molecular weight is 319 g/mol. The van der Waals surface area contributed by atoms with E-state index in [-0.39, 0.29) is 11.9 Å². The molecule has 3 rings (SSSR count). The average Bonchev–Trinajstić information content (AvgIpc) is 2.93. The van der Waals surface area contributed by atoms with E-state index in [1.54, 1.807) is 0 Å². The number of nitrogens with zero attached hydrogens (tertiary/aromatic N) is 3. The lowest BCUT2D eigenvalue weighted by atomic mass is 9.93. The lowest BCUT2D eigenvalue weighted by molar-refractivity contribution is 0.0950. The number of aromatic nitrogens is 2. The molecule has 0 aromatic carbocycles. The zero-order valence-electron chi connectivity index (χ0n) is 13.7. The van der Waals surface area contributed by atoms with Crippen LogP contribution in [0.2, 0.25) is 0 Å². The molecular formula is C16H25N5O2. The molecule has 0 radical (unpaired) electrons. The van der Waals surface area contributed by atoms with Gasteiger partial charge in [0.15, 0.2) is 0 Å². The first kappa shape index (κ1) is 15.8. The van der Waals surface area contributed by atoms with Crippen LogP contribution in [0, 0.1) is 0 Å². The van der Waals surface area contributed by atoms with E-state index in [0.29, 0.717) is 18.2 Å². The monoisotopic (exact) mass is 319 g/mol. The molecule has 0 spiro atoms. The molecule has 7 nitrogen and oxygen atoms in total. The second-order valence-corrected chi connectivity index (χ2v) is 6.28. The summed E-state index contributed by atoms with van der Waals surface area (Å²) in [7, 11) is 0. The maximum Gasteiger partial charge on any atom is 0.317 e. The van der Waals surface area contributed by atoms with Gasteiger partial charge in [-0.1, -0.05) is 6.92 Å². The molecule has 3 heterocycles. The Kier molecular flexibility index (Phi) is 4.83. The minimum absolute atomic E-state index is 0.0300. The molecule has 2 aliphatic rings. The Morgan fingerprint density at radius 1 is 1.39 bits per heavy atom. The Balaban J connectivity index is 1.61. The van der Waals surface area contributed by atoms with E-state index in [4.69, 9.17) is 0 Å². The number of likely N-dealkylation sites (tertiary alicyclic amines) is 1. The number of aryl methyl sites for hydroxylation is 1. The third-order valence-electron chi connectivity index (χ3n) is 4.59. The Bertz CT molecular complexity index is 575.